The normalized spacial score (nSPS) is 23.1. The molecular weight excluding hydrogens is 292 g/mol. The average Bonchev–Trinajstić information content (AvgIpc) is 3.16. The highest BCUT2D eigenvalue weighted by Crippen LogP contribution is 2.39. The van der Waals surface area contributed by atoms with E-state index in [9.17, 15) is 9.59 Å². The van der Waals surface area contributed by atoms with Crippen LogP contribution in [-0.4, -0.2) is 37.4 Å². The van der Waals surface area contributed by atoms with E-state index < -0.39 is 0 Å². The molecule has 1 aliphatic heterocycles. The van der Waals surface area contributed by atoms with E-state index in [1.807, 2.05) is 24.3 Å². The molecule has 2 aliphatic rings. The quantitative estimate of drug-likeness (QED) is 0.925. The summed E-state index contributed by atoms with van der Waals surface area (Å²) in [5.41, 5.74) is 0.829. The van der Waals surface area contributed by atoms with Gasteiger partial charge in [0.15, 0.2) is 0 Å². The molecule has 124 valence electrons. The number of carbonyl (C=O) groups is 2. The molecule has 23 heavy (non-hydrogen) atoms. The van der Waals surface area contributed by atoms with E-state index in [4.69, 9.17) is 4.74 Å². The number of rotatable bonds is 4. The topological polar surface area (TPSA) is 58.6 Å². The van der Waals surface area contributed by atoms with Gasteiger partial charge in [-0.2, -0.15) is 0 Å². The van der Waals surface area contributed by atoms with Gasteiger partial charge >= 0.3 is 0 Å². The summed E-state index contributed by atoms with van der Waals surface area (Å²) in [7, 11) is 3.40. The van der Waals surface area contributed by atoms with E-state index in [-0.39, 0.29) is 23.3 Å². The zero-order valence-corrected chi connectivity index (χ0v) is 13.8. The van der Waals surface area contributed by atoms with Crippen molar-refractivity contribution < 1.29 is 14.3 Å². The number of nitrogens with zero attached hydrogens (tertiary/aromatic N) is 1. The summed E-state index contributed by atoms with van der Waals surface area (Å²) in [4.78, 5) is 26.0. The first kappa shape index (κ1) is 15.8. The first-order valence-electron chi connectivity index (χ1n) is 8.24. The van der Waals surface area contributed by atoms with Gasteiger partial charge in [-0.1, -0.05) is 25.0 Å². The third-order valence-corrected chi connectivity index (χ3v) is 5.17. The van der Waals surface area contributed by atoms with E-state index >= 15 is 0 Å². The number of amides is 2. The number of carbonyl (C=O) groups excluding carboxylic acids is 2. The van der Waals surface area contributed by atoms with E-state index in [2.05, 4.69) is 5.32 Å². The van der Waals surface area contributed by atoms with Crippen LogP contribution in [0.15, 0.2) is 24.3 Å². The van der Waals surface area contributed by atoms with E-state index in [0.29, 0.717) is 13.0 Å². The summed E-state index contributed by atoms with van der Waals surface area (Å²) in [5, 5.41) is 3.27. The van der Waals surface area contributed by atoms with Gasteiger partial charge in [-0.05, 0) is 30.5 Å². The molecule has 0 unspecified atom stereocenters. The smallest absolute Gasteiger partial charge is 0.226 e. The standard InChI is InChI=1S/C18H24N2O3/c1-20-12-13(11-16(20)21)17(22)19-18(9-3-4-10-18)14-5-7-15(23-2)8-6-14/h5-8,13H,3-4,9-12H2,1-2H3,(H,19,22)/t13-/m1/s1. The fourth-order valence-electron chi connectivity index (χ4n) is 3.75. The zero-order chi connectivity index (χ0) is 16.4. The molecule has 1 N–H and O–H groups in total. The lowest BCUT2D eigenvalue weighted by atomic mass is 9.87. The predicted octanol–water partition coefficient (Wildman–Crippen LogP) is 2.06. The van der Waals surface area contributed by atoms with Crippen LogP contribution in [0.5, 0.6) is 5.75 Å². The molecule has 1 aliphatic carbocycles. The fraction of sp³-hybridized carbons (Fsp3) is 0.556. The van der Waals surface area contributed by atoms with Gasteiger partial charge in [-0.3, -0.25) is 9.59 Å². The zero-order valence-electron chi connectivity index (χ0n) is 13.8. The Bertz CT molecular complexity index is 591. The molecule has 1 saturated heterocycles. The summed E-state index contributed by atoms with van der Waals surface area (Å²) < 4.78 is 5.22. The molecule has 0 aromatic heterocycles. The lowest BCUT2D eigenvalue weighted by Gasteiger charge is -2.32. The molecule has 0 bridgehead atoms. The number of likely N-dealkylation sites (tertiary alicyclic amines) is 1. The van der Waals surface area contributed by atoms with Crippen LogP contribution in [0.4, 0.5) is 0 Å². The Morgan fingerprint density at radius 1 is 1.26 bits per heavy atom. The van der Waals surface area contributed by atoms with Crippen molar-refractivity contribution in [3.63, 3.8) is 0 Å². The highest BCUT2D eigenvalue weighted by atomic mass is 16.5. The second-order valence-corrected chi connectivity index (χ2v) is 6.68. The van der Waals surface area contributed by atoms with Crippen molar-refractivity contribution in [3.05, 3.63) is 29.8 Å². The third-order valence-electron chi connectivity index (χ3n) is 5.17. The summed E-state index contributed by atoms with van der Waals surface area (Å²) >= 11 is 0. The highest BCUT2D eigenvalue weighted by Gasteiger charge is 2.40. The lowest BCUT2D eigenvalue weighted by molar-refractivity contribution is -0.129. The Balaban J connectivity index is 1.78. The van der Waals surface area contributed by atoms with Crippen molar-refractivity contribution in [3.8, 4) is 5.75 Å². The molecule has 5 heteroatoms. The summed E-state index contributed by atoms with van der Waals surface area (Å²) in [6.07, 6.45) is 4.43. The largest absolute Gasteiger partial charge is 0.497 e. The van der Waals surface area contributed by atoms with Gasteiger partial charge in [0.2, 0.25) is 11.8 Å². The molecule has 5 nitrogen and oxygen atoms in total. The second kappa shape index (κ2) is 6.22. The van der Waals surface area contributed by atoms with Crippen LogP contribution in [0.25, 0.3) is 0 Å². The van der Waals surface area contributed by atoms with Crippen LogP contribution in [0.3, 0.4) is 0 Å². The highest BCUT2D eigenvalue weighted by molar-refractivity contribution is 5.89. The molecule has 2 amide bonds. The van der Waals surface area contributed by atoms with Crippen LogP contribution in [0.1, 0.15) is 37.7 Å². The number of ether oxygens (including phenoxy) is 1. The number of benzene rings is 1. The molecule has 1 aromatic rings. The maximum absolute atomic E-state index is 12.7. The number of nitrogens with one attached hydrogen (secondary N) is 1. The molecule has 1 aromatic carbocycles. The summed E-state index contributed by atoms with van der Waals surface area (Å²) in [6, 6.07) is 7.95. The van der Waals surface area contributed by atoms with Gasteiger partial charge in [0.05, 0.1) is 18.6 Å². The fourth-order valence-corrected chi connectivity index (χ4v) is 3.75. The minimum absolute atomic E-state index is 0.000387. The third kappa shape index (κ3) is 3.05. The van der Waals surface area contributed by atoms with E-state index in [0.717, 1.165) is 37.0 Å². The predicted molar refractivity (Wildman–Crippen MR) is 87.0 cm³/mol. The van der Waals surface area contributed by atoms with Crippen molar-refractivity contribution in [2.24, 2.45) is 5.92 Å². The van der Waals surface area contributed by atoms with Crippen LogP contribution < -0.4 is 10.1 Å². The number of methoxy groups -OCH3 is 1. The summed E-state index contributed by atoms with van der Waals surface area (Å²) in [5.74, 6) is 0.634. The number of hydrogen-bond donors (Lipinski definition) is 1. The van der Waals surface area contributed by atoms with Gasteiger partial charge < -0.3 is 15.0 Å². The lowest BCUT2D eigenvalue weighted by Crippen LogP contribution is -2.46. The van der Waals surface area contributed by atoms with Gasteiger partial charge in [-0.15, -0.1) is 0 Å². The Morgan fingerprint density at radius 2 is 1.91 bits per heavy atom. The molecule has 1 atom stereocenters. The van der Waals surface area contributed by atoms with Crippen molar-refractivity contribution >= 4 is 11.8 Å². The minimum atomic E-state index is -0.298. The van der Waals surface area contributed by atoms with Crippen LogP contribution >= 0.6 is 0 Å². The maximum atomic E-state index is 12.7. The SMILES string of the molecule is COc1ccc(C2(NC(=O)[C@@H]3CC(=O)N(C)C3)CCCC2)cc1. The van der Waals surface area contributed by atoms with Gasteiger partial charge in [0, 0.05) is 20.0 Å². The molecular formula is C18H24N2O3. The van der Waals surface area contributed by atoms with Crippen molar-refractivity contribution in [1.29, 1.82) is 0 Å². The van der Waals surface area contributed by atoms with Crippen molar-refractivity contribution in [1.82, 2.24) is 10.2 Å². The Labute approximate surface area is 137 Å². The van der Waals surface area contributed by atoms with Crippen LogP contribution in [0, 0.1) is 5.92 Å². The minimum Gasteiger partial charge on any atom is -0.497 e. The summed E-state index contributed by atoms with van der Waals surface area (Å²) in [6.45, 7) is 0.517. The van der Waals surface area contributed by atoms with Crippen molar-refractivity contribution in [2.75, 3.05) is 20.7 Å². The second-order valence-electron chi connectivity index (χ2n) is 6.68. The Kier molecular flexibility index (Phi) is 4.28. The van der Waals surface area contributed by atoms with Gasteiger partial charge in [-0.25, -0.2) is 0 Å². The maximum Gasteiger partial charge on any atom is 0.226 e. The van der Waals surface area contributed by atoms with Gasteiger partial charge in [0.1, 0.15) is 5.75 Å². The monoisotopic (exact) mass is 316 g/mol. The molecule has 1 heterocycles. The molecule has 0 spiro atoms. The van der Waals surface area contributed by atoms with Crippen molar-refractivity contribution in [2.45, 2.75) is 37.6 Å². The first-order valence-corrected chi connectivity index (χ1v) is 8.24. The molecule has 1 saturated carbocycles. The molecule has 0 radical (unpaired) electrons. The van der Waals surface area contributed by atoms with Crippen LogP contribution in [-0.2, 0) is 15.1 Å². The first-order chi connectivity index (χ1) is 11.0. The van der Waals surface area contributed by atoms with E-state index in [1.165, 1.54) is 0 Å². The van der Waals surface area contributed by atoms with Crippen LogP contribution in [0.2, 0.25) is 0 Å². The molecule has 3 rings (SSSR count). The molecule has 2 fully saturated rings. The van der Waals surface area contributed by atoms with Gasteiger partial charge in [0.25, 0.3) is 0 Å². The Morgan fingerprint density at radius 3 is 2.43 bits per heavy atom. The number of hydrogen-bond acceptors (Lipinski definition) is 3. The average molecular weight is 316 g/mol. The Hall–Kier alpha value is -2.04. The van der Waals surface area contributed by atoms with E-state index in [1.54, 1.807) is 19.1 Å².